The van der Waals surface area contributed by atoms with E-state index >= 15 is 0 Å². The Bertz CT molecular complexity index is 599. The standard InChI is InChI=1S/C18H20FN/c1-12-3-6-14(7-4-12)18(15-8-9-15)20-16-10-5-13(2)17(19)11-16/h3-7,10-11,15,18,20H,8-9H2,1-2H3. The number of hydrogen-bond donors (Lipinski definition) is 1. The van der Waals surface area contributed by atoms with Crippen LogP contribution in [0.5, 0.6) is 0 Å². The summed E-state index contributed by atoms with van der Waals surface area (Å²) < 4.78 is 13.7. The van der Waals surface area contributed by atoms with Crippen molar-refractivity contribution in [2.75, 3.05) is 5.32 Å². The molecule has 0 radical (unpaired) electrons. The van der Waals surface area contributed by atoms with Crippen molar-refractivity contribution in [3.05, 3.63) is 65.0 Å². The Morgan fingerprint density at radius 1 is 1.05 bits per heavy atom. The molecule has 1 fully saturated rings. The number of halogens is 1. The minimum Gasteiger partial charge on any atom is -0.378 e. The average Bonchev–Trinajstić information content (AvgIpc) is 3.26. The fourth-order valence-corrected chi connectivity index (χ4v) is 2.54. The van der Waals surface area contributed by atoms with Crippen LogP contribution in [0.1, 0.15) is 35.6 Å². The van der Waals surface area contributed by atoms with Crippen LogP contribution in [-0.2, 0) is 0 Å². The highest BCUT2D eigenvalue weighted by Crippen LogP contribution is 2.43. The Labute approximate surface area is 119 Å². The average molecular weight is 269 g/mol. The molecular weight excluding hydrogens is 249 g/mol. The van der Waals surface area contributed by atoms with Gasteiger partial charge in [-0.15, -0.1) is 0 Å². The molecule has 0 spiro atoms. The molecule has 0 amide bonds. The van der Waals surface area contributed by atoms with Gasteiger partial charge in [0.15, 0.2) is 0 Å². The molecule has 1 saturated carbocycles. The van der Waals surface area contributed by atoms with Gasteiger partial charge in [0, 0.05) is 5.69 Å². The highest BCUT2D eigenvalue weighted by atomic mass is 19.1. The van der Waals surface area contributed by atoms with Gasteiger partial charge in [-0.05, 0) is 55.9 Å². The van der Waals surface area contributed by atoms with Crippen molar-refractivity contribution in [1.29, 1.82) is 0 Å². The highest BCUT2D eigenvalue weighted by Gasteiger charge is 2.32. The predicted molar refractivity (Wildman–Crippen MR) is 81.4 cm³/mol. The quantitative estimate of drug-likeness (QED) is 0.823. The summed E-state index contributed by atoms with van der Waals surface area (Å²) in [5.41, 5.74) is 4.11. The van der Waals surface area contributed by atoms with Gasteiger partial charge >= 0.3 is 0 Å². The van der Waals surface area contributed by atoms with Crippen LogP contribution in [0.25, 0.3) is 0 Å². The van der Waals surface area contributed by atoms with Gasteiger partial charge < -0.3 is 5.32 Å². The van der Waals surface area contributed by atoms with E-state index in [1.807, 2.05) is 12.1 Å². The Hall–Kier alpha value is -1.83. The van der Waals surface area contributed by atoms with E-state index in [1.54, 1.807) is 13.0 Å². The number of nitrogens with one attached hydrogen (secondary N) is 1. The number of rotatable bonds is 4. The Morgan fingerprint density at radius 3 is 2.35 bits per heavy atom. The fourth-order valence-electron chi connectivity index (χ4n) is 2.54. The summed E-state index contributed by atoms with van der Waals surface area (Å²) in [6.07, 6.45) is 2.50. The van der Waals surface area contributed by atoms with E-state index in [0.29, 0.717) is 11.5 Å². The zero-order chi connectivity index (χ0) is 14.1. The van der Waals surface area contributed by atoms with Crippen molar-refractivity contribution in [3.63, 3.8) is 0 Å². The van der Waals surface area contributed by atoms with Crippen molar-refractivity contribution >= 4 is 5.69 Å². The molecule has 3 rings (SSSR count). The molecule has 1 nitrogen and oxygen atoms in total. The van der Waals surface area contributed by atoms with Crippen molar-refractivity contribution in [3.8, 4) is 0 Å². The molecule has 0 heterocycles. The molecule has 2 aromatic rings. The van der Waals surface area contributed by atoms with Crippen molar-refractivity contribution in [2.24, 2.45) is 5.92 Å². The molecule has 0 aliphatic heterocycles. The van der Waals surface area contributed by atoms with Crippen LogP contribution in [-0.4, -0.2) is 0 Å². The summed E-state index contributed by atoms with van der Waals surface area (Å²) in [5, 5.41) is 3.50. The van der Waals surface area contributed by atoms with Crippen LogP contribution in [0.3, 0.4) is 0 Å². The predicted octanol–water partition coefficient (Wildman–Crippen LogP) is 5.01. The summed E-state index contributed by atoms with van der Waals surface area (Å²) in [4.78, 5) is 0. The Morgan fingerprint density at radius 2 is 1.75 bits per heavy atom. The van der Waals surface area contributed by atoms with E-state index in [4.69, 9.17) is 0 Å². The van der Waals surface area contributed by atoms with Crippen LogP contribution >= 0.6 is 0 Å². The van der Waals surface area contributed by atoms with Gasteiger partial charge in [0.25, 0.3) is 0 Å². The molecule has 20 heavy (non-hydrogen) atoms. The van der Waals surface area contributed by atoms with Gasteiger partial charge in [0.2, 0.25) is 0 Å². The molecule has 0 aromatic heterocycles. The lowest BCUT2D eigenvalue weighted by Gasteiger charge is -2.20. The van der Waals surface area contributed by atoms with Crippen LogP contribution < -0.4 is 5.32 Å². The maximum Gasteiger partial charge on any atom is 0.128 e. The summed E-state index contributed by atoms with van der Waals surface area (Å²) in [5.74, 6) is 0.524. The molecule has 1 aliphatic carbocycles. The largest absolute Gasteiger partial charge is 0.378 e. The molecule has 1 N–H and O–H groups in total. The number of hydrogen-bond acceptors (Lipinski definition) is 1. The second kappa shape index (κ2) is 5.28. The van der Waals surface area contributed by atoms with E-state index in [1.165, 1.54) is 24.0 Å². The minimum atomic E-state index is -0.145. The summed E-state index contributed by atoms with van der Waals surface area (Å²) in [7, 11) is 0. The number of aryl methyl sites for hydroxylation is 2. The van der Waals surface area contributed by atoms with Crippen molar-refractivity contribution in [1.82, 2.24) is 0 Å². The zero-order valence-corrected chi connectivity index (χ0v) is 12.0. The normalized spacial score (nSPS) is 15.9. The van der Waals surface area contributed by atoms with Crippen molar-refractivity contribution < 1.29 is 4.39 Å². The van der Waals surface area contributed by atoms with Gasteiger partial charge in [-0.1, -0.05) is 35.9 Å². The van der Waals surface area contributed by atoms with E-state index in [-0.39, 0.29) is 11.9 Å². The number of anilines is 1. The maximum atomic E-state index is 13.7. The van der Waals surface area contributed by atoms with E-state index < -0.39 is 0 Å². The summed E-state index contributed by atoms with van der Waals surface area (Å²) >= 11 is 0. The maximum absolute atomic E-state index is 13.7. The lowest BCUT2D eigenvalue weighted by molar-refractivity contribution is 0.617. The van der Waals surface area contributed by atoms with E-state index in [9.17, 15) is 4.39 Å². The van der Waals surface area contributed by atoms with Crippen molar-refractivity contribution in [2.45, 2.75) is 32.7 Å². The monoisotopic (exact) mass is 269 g/mol. The lowest BCUT2D eigenvalue weighted by atomic mass is 10.0. The van der Waals surface area contributed by atoms with Crippen LogP contribution in [0.15, 0.2) is 42.5 Å². The van der Waals surface area contributed by atoms with Gasteiger partial charge in [0.05, 0.1) is 6.04 Å². The van der Waals surface area contributed by atoms with E-state index in [0.717, 1.165) is 5.69 Å². The SMILES string of the molecule is Cc1ccc(C(Nc2ccc(C)c(F)c2)C2CC2)cc1. The molecule has 1 aliphatic rings. The molecule has 0 saturated heterocycles. The minimum absolute atomic E-state index is 0.145. The molecule has 0 bridgehead atoms. The van der Waals surface area contributed by atoms with Crippen LogP contribution in [0, 0.1) is 25.6 Å². The summed E-state index contributed by atoms with van der Waals surface area (Å²) in [6, 6.07) is 14.3. The lowest BCUT2D eigenvalue weighted by Crippen LogP contribution is -2.13. The summed E-state index contributed by atoms with van der Waals surface area (Å²) in [6.45, 7) is 3.89. The van der Waals surface area contributed by atoms with Gasteiger partial charge in [0.1, 0.15) is 5.82 Å². The van der Waals surface area contributed by atoms with Gasteiger partial charge in [-0.25, -0.2) is 4.39 Å². The Balaban J connectivity index is 1.84. The third kappa shape index (κ3) is 2.84. The number of benzene rings is 2. The molecule has 104 valence electrons. The third-order valence-corrected chi connectivity index (χ3v) is 4.02. The first-order valence-electron chi connectivity index (χ1n) is 7.23. The fraction of sp³-hybridized carbons (Fsp3) is 0.333. The zero-order valence-electron chi connectivity index (χ0n) is 12.0. The first-order chi connectivity index (χ1) is 9.63. The smallest absolute Gasteiger partial charge is 0.128 e. The molecule has 2 heteroatoms. The van der Waals surface area contributed by atoms with E-state index in [2.05, 4.69) is 36.5 Å². The van der Waals surface area contributed by atoms with Crippen LogP contribution in [0.4, 0.5) is 10.1 Å². The van der Waals surface area contributed by atoms with Gasteiger partial charge in [-0.2, -0.15) is 0 Å². The van der Waals surface area contributed by atoms with Gasteiger partial charge in [-0.3, -0.25) is 0 Å². The molecule has 1 unspecified atom stereocenters. The first-order valence-corrected chi connectivity index (χ1v) is 7.23. The van der Waals surface area contributed by atoms with Crippen LogP contribution in [0.2, 0.25) is 0 Å². The molecule has 2 aromatic carbocycles. The second-order valence-corrected chi connectivity index (χ2v) is 5.83. The first kappa shape index (κ1) is 13.2. The Kier molecular flexibility index (Phi) is 3.47. The second-order valence-electron chi connectivity index (χ2n) is 5.83. The third-order valence-electron chi connectivity index (χ3n) is 4.02. The highest BCUT2D eigenvalue weighted by molar-refractivity contribution is 5.48. The molecule has 1 atom stereocenters. The molecular formula is C18H20FN. The topological polar surface area (TPSA) is 12.0 Å².